The van der Waals surface area contributed by atoms with E-state index in [1.165, 1.54) is 11.1 Å². The monoisotopic (exact) mass is 330 g/mol. The number of amides is 1. The predicted octanol–water partition coefficient (Wildman–Crippen LogP) is 2.93. The molecule has 3 rings (SSSR count). The average molecular weight is 331 g/mol. The standard InChI is InChI=1S/C16H15BrN2O/c17-12-5-6-14(15(18)9-12)16(20)19-13-7-10-3-1-2-4-11(10)8-13/h1-6,9,13H,7-8,18H2,(H,19,20). The molecule has 1 aliphatic rings. The number of halogens is 1. The molecule has 0 radical (unpaired) electrons. The lowest BCUT2D eigenvalue weighted by molar-refractivity contribution is 0.0939. The molecule has 3 nitrogen and oxygen atoms in total. The molecule has 0 saturated carbocycles. The molecule has 2 aromatic rings. The molecule has 1 aliphatic carbocycles. The number of rotatable bonds is 2. The van der Waals surface area contributed by atoms with Crippen LogP contribution in [0.2, 0.25) is 0 Å². The first-order valence-electron chi connectivity index (χ1n) is 6.56. The van der Waals surface area contributed by atoms with Crippen molar-refractivity contribution in [2.45, 2.75) is 18.9 Å². The minimum atomic E-state index is -0.104. The lowest BCUT2D eigenvalue weighted by atomic mass is 10.1. The Bertz CT molecular complexity index is 644. The molecule has 20 heavy (non-hydrogen) atoms. The van der Waals surface area contributed by atoms with Crippen LogP contribution in [0.25, 0.3) is 0 Å². The molecule has 0 aromatic heterocycles. The molecule has 2 aromatic carbocycles. The molecule has 3 N–H and O–H groups in total. The molecular formula is C16H15BrN2O. The van der Waals surface area contributed by atoms with Gasteiger partial charge in [-0.05, 0) is 42.2 Å². The van der Waals surface area contributed by atoms with Gasteiger partial charge in [0.15, 0.2) is 0 Å². The van der Waals surface area contributed by atoms with Crippen molar-refractivity contribution in [2.24, 2.45) is 0 Å². The Morgan fingerprint density at radius 1 is 1.15 bits per heavy atom. The summed E-state index contributed by atoms with van der Waals surface area (Å²) in [4.78, 5) is 12.3. The van der Waals surface area contributed by atoms with E-state index in [-0.39, 0.29) is 11.9 Å². The van der Waals surface area contributed by atoms with E-state index in [2.05, 4.69) is 33.4 Å². The van der Waals surface area contributed by atoms with Crippen LogP contribution in [0.5, 0.6) is 0 Å². The zero-order valence-electron chi connectivity index (χ0n) is 10.9. The Morgan fingerprint density at radius 3 is 2.40 bits per heavy atom. The van der Waals surface area contributed by atoms with Gasteiger partial charge in [-0.1, -0.05) is 40.2 Å². The number of carbonyl (C=O) groups excluding carboxylic acids is 1. The highest BCUT2D eigenvalue weighted by Crippen LogP contribution is 2.23. The summed E-state index contributed by atoms with van der Waals surface area (Å²) in [6.45, 7) is 0. The smallest absolute Gasteiger partial charge is 0.253 e. The number of nitrogen functional groups attached to an aromatic ring is 1. The van der Waals surface area contributed by atoms with Gasteiger partial charge in [-0.15, -0.1) is 0 Å². The zero-order chi connectivity index (χ0) is 14.1. The van der Waals surface area contributed by atoms with Gasteiger partial charge in [0, 0.05) is 16.2 Å². The Kier molecular flexibility index (Phi) is 3.49. The maximum Gasteiger partial charge on any atom is 0.253 e. The van der Waals surface area contributed by atoms with Gasteiger partial charge < -0.3 is 11.1 Å². The van der Waals surface area contributed by atoms with E-state index in [9.17, 15) is 4.79 Å². The van der Waals surface area contributed by atoms with Crippen LogP contribution in [-0.4, -0.2) is 11.9 Å². The number of hydrogen-bond acceptors (Lipinski definition) is 2. The number of anilines is 1. The summed E-state index contributed by atoms with van der Waals surface area (Å²) >= 11 is 3.34. The number of benzene rings is 2. The van der Waals surface area contributed by atoms with Gasteiger partial charge in [-0.2, -0.15) is 0 Å². The first-order valence-corrected chi connectivity index (χ1v) is 7.35. The normalized spacial score (nSPS) is 14.1. The van der Waals surface area contributed by atoms with Crippen molar-refractivity contribution in [3.63, 3.8) is 0 Å². The number of carbonyl (C=O) groups is 1. The summed E-state index contributed by atoms with van der Waals surface area (Å²) in [6, 6.07) is 13.8. The summed E-state index contributed by atoms with van der Waals surface area (Å²) in [5, 5.41) is 3.07. The van der Waals surface area contributed by atoms with E-state index in [0.29, 0.717) is 11.3 Å². The van der Waals surface area contributed by atoms with E-state index < -0.39 is 0 Å². The van der Waals surface area contributed by atoms with Gasteiger partial charge in [0.1, 0.15) is 0 Å². The van der Waals surface area contributed by atoms with Gasteiger partial charge in [0.25, 0.3) is 5.91 Å². The first-order chi connectivity index (χ1) is 9.63. The summed E-state index contributed by atoms with van der Waals surface area (Å²) in [5.74, 6) is -0.104. The summed E-state index contributed by atoms with van der Waals surface area (Å²) in [7, 11) is 0. The molecule has 0 atom stereocenters. The second-order valence-corrected chi connectivity index (χ2v) is 5.99. The highest BCUT2D eigenvalue weighted by Gasteiger charge is 2.23. The zero-order valence-corrected chi connectivity index (χ0v) is 12.5. The Labute approximate surface area is 126 Å². The first kappa shape index (κ1) is 13.2. The van der Waals surface area contributed by atoms with E-state index in [1.807, 2.05) is 18.2 Å². The molecule has 0 heterocycles. The van der Waals surface area contributed by atoms with E-state index in [4.69, 9.17) is 5.73 Å². The highest BCUT2D eigenvalue weighted by atomic mass is 79.9. The largest absolute Gasteiger partial charge is 0.398 e. The van der Waals surface area contributed by atoms with Gasteiger partial charge >= 0.3 is 0 Å². The molecule has 0 aliphatic heterocycles. The summed E-state index contributed by atoms with van der Waals surface area (Å²) < 4.78 is 0.875. The maximum atomic E-state index is 12.3. The highest BCUT2D eigenvalue weighted by molar-refractivity contribution is 9.10. The van der Waals surface area contributed by atoms with Crippen molar-refractivity contribution in [3.05, 3.63) is 63.6 Å². The summed E-state index contributed by atoms with van der Waals surface area (Å²) in [5.41, 5.74) is 9.56. The molecule has 0 spiro atoms. The number of fused-ring (bicyclic) bond motifs is 1. The molecule has 0 saturated heterocycles. The van der Waals surface area contributed by atoms with Crippen LogP contribution >= 0.6 is 15.9 Å². The second kappa shape index (κ2) is 5.29. The van der Waals surface area contributed by atoms with Crippen molar-refractivity contribution < 1.29 is 4.79 Å². The third kappa shape index (κ3) is 2.56. The Morgan fingerprint density at radius 2 is 1.80 bits per heavy atom. The van der Waals surface area contributed by atoms with Gasteiger partial charge in [0.05, 0.1) is 5.56 Å². The molecule has 4 heteroatoms. The third-order valence-electron chi connectivity index (χ3n) is 3.64. The molecule has 102 valence electrons. The van der Waals surface area contributed by atoms with Crippen molar-refractivity contribution >= 4 is 27.5 Å². The maximum absolute atomic E-state index is 12.3. The number of nitrogens with one attached hydrogen (secondary N) is 1. The Balaban J connectivity index is 1.72. The van der Waals surface area contributed by atoms with Crippen LogP contribution in [-0.2, 0) is 12.8 Å². The SMILES string of the molecule is Nc1cc(Br)ccc1C(=O)NC1Cc2ccccc2C1. The van der Waals surface area contributed by atoms with E-state index in [1.54, 1.807) is 12.1 Å². The molecular weight excluding hydrogens is 316 g/mol. The number of nitrogens with two attached hydrogens (primary N) is 1. The molecule has 0 fully saturated rings. The fraction of sp³-hybridized carbons (Fsp3) is 0.188. The van der Waals surface area contributed by atoms with Crippen molar-refractivity contribution in [2.75, 3.05) is 5.73 Å². The minimum Gasteiger partial charge on any atom is -0.398 e. The second-order valence-electron chi connectivity index (χ2n) is 5.08. The van der Waals surface area contributed by atoms with Crippen LogP contribution in [0.3, 0.4) is 0 Å². The van der Waals surface area contributed by atoms with Crippen LogP contribution in [0.15, 0.2) is 46.9 Å². The Hall–Kier alpha value is -1.81. The lowest BCUT2D eigenvalue weighted by Gasteiger charge is -2.13. The van der Waals surface area contributed by atoms with Crippen LogP contribution < -0.4 is 11.1 Å². The molecule has 0 unspecified atom stereocenters. The third-order valence-corrected chi connectivity index (χ3v) is 4.14. The predicted molar refractivity (Wildman–Crippen MR) is 83.7 cm³/mol. The molecule has 0 bridgehead atoms. The van der Waals surface area contributed by atoms with Crippen molar-refractivity contribution in [3.8, 4) is 0 Å². The summed E-state index contributed by atoms with van der Waals surface area (Å²) in [6.07, 6.45) is 1.77. The van der Waals surface area contributed by atoms with Crippen LogP contribution in [0.4, 0.5) is 5.69 Å². The number of hydrogen-bond donors (Lipinski definition) is 2. The van der Waals surface area contributed by atoms with E-state index in [0.717, 1.165) is 17.3 Å². The van der Waals surface area contributed by atoms with Crippen molar-refractivity contribution in [1.29, 1.82) is 0 Å². The topological polar surface area (TPSA) is 55.1 Å². The minimum absolute atomic E-state index is 0.104. The van der Waals surface area contributed by atoms with Crippen molar-refractivity contribution in [1.82, 2.24) is 5.32 Å². The van der Waals surface area contributed by atoms with Crippen LogP contribution in [0, 0.1) is 0 Å². The fourth-order valence-electron chi connectivity index (χ4n) is 2.66. The quantitative estimate of drug-likeness (QED) is 0.832. The average Bonchev–Trinajstić information content (AvgIpc) is 2.80. The van der Waals surface area contributed by atoms with Gasteiger partial charge in [-0.3, -0.25) is 4.79 Å². The van der Waals surface area contributed by atoms with Crippen LogP contribution in [0.1, 0.15) is 21.5 Å². The van der Waals surface area contributed by atoms with Gasteiger partial charge in [-0.25, -0.2) is 0 Å². The van der Waals surface area contributed by atoms with E-state index >= 15 is 0 Å². The lowest BCUT2D eigenvalue weighted by Crippen LogP contribution is -2.35. The molecule has 1 amide bonds. The fourth-order valence-corrected chi connectivity index (χ4v) is 3.04. The van der Waals surface area contributed by atoms with Gasteiger partial charge in [0.2, 0.25) is 0 Å².